The third-order valence-corrected chi connectivity index (χ3v) is 11.7. The summed E-state index contributed by atoms with van der Waals surface area (Å²) in [6.45, 7) is 14.7. The zero-order chi connectivity index (χ0) is 25.8. The lowest BCUT2D eigenvalue weighted by molar-refractivity contribution is -0.117. The number of carboxylic acid groups (broad SMARTS) is 1. The van der Waals surface area contributed by atoms with Crippen LogP contribution >= 0.6 is 11.3 Å². The van der Waals surface area contributed by atoms with E-state index in [4.69, 9.17) is 4.43 Å². The number of thiophene rings is 1. The van der Waals surface area contributed by atoms with Gasteiger partial charge in [-0.25, -0.2) is 4.79 Å². The molecule has 3 aromatic rings. The predicted octanol–water partition coefficient (Wildman–Crippen LogP) is 6.57. The summed E-state index contributed by atoms with van der Waals surface area (Å²) in [5, 5.41) is 14.3. The van der Waals surface area contributed by atoms with Crippen LogP contribution in [-0.2, 0) is 4.79 Å². The van der Waals surface area contributed by atoms with Crippen molar-refractivity contribution in [3.63, 3.8) is 0 Å². The SMILES string of the molecule is C=CCN(CC(C(=O)Nc1cc2ccncc2s1)c1ccc(O[Si](C)(C)C(C)(C)C)cc1)C(=O)O. The van der Waals surface area contributed by atoms with Crippen molar-refractivity contribution in [2.45, 2.75) is 44.8 Å². The zero-order valence-electron chi connectivity index (χ0n) is 20.9. The summed E-state index contributed by atoms with van der Waals surface area (Å²) in [4.78, 5) is 30.5. The molecule has 186 valence electrons. The van der Waals surface area contributed by atoms with Gasteiger partial charge in [0.25, 0.3) is 0 Å². The molecule has 3 rings (SSSR count). The average Bonchev–Trinajstić information content (AvgIpc) is 3.18. The van der Waals surface area contributed by atoms with Gasteiger partial charge in [0.1, 0.15) is 5.75 Å². The summed E-state index contributed by atoms with van der Waals surface area (Å²) in [5.41, 5.74) is 0.711. The quantitative estimate of drug-likeness (QED) is 0.250. The molecule has 1 atom stereocenters. The van der Waals surface area contributed by atoms with Crippen LogP contribution in [0, 0.1) is 0 Å². The molecular weight excluding hydrogens is 478 g/mol. The van der Waals surface area contributed by atoms with Crippen molar-refractivity contribution < 1.29 is 19.1 Å². The van der Waals surface area contributed by atoms with Crippen molar-refractivity contribution in [1.82, 2.24) is 9.88 Å². The molecule has 0 aliphatic rings. The van der Waals surface area contributed by atoms with Crippen LogP contribution in [0.25, 0.3) is 10.1 Å². The highest BCUT2D eigenvalue weighted by atomic mass is 32.1. The molecule has 0 radical (unpaired) electrons. The highest BCUT2D eigenvalue weighted by Crippen LogP contribution is 2.37. The van der Waals surface area contributed by atoms with Crippen LogP contribution < -0.4 is 9.74 Å². The van der Waals surface area contributed by atoms with Gasteiger partial charge in [-0.1, -0.05) is 39.0 Å². The Labute approximate surface area is 211 Å². The van der Waals surface area contributed by atoms with Crippen LogP contribution in [0.4, 0.5) is 9.80 Å². The number of aromatic nitrogens is 1. The Hall–Kier alpha value is -3.17. The number of amides is 2. The number of pyridine rings is 1. The Kier molecular flexibility index (Phi) is 8.02. The van der Waals surface area contributed by atoms with Gasteiger partial charge in [0.2, 0.25) is 14.2 Å². The molecule has 0 saturated carbocycles. The number of rotatable bonds is 9. The first-order valence-electron chi connectivity index (χ1n) is 11.4. The molecule has 0 saturated heterocycles. The Morgan fingerprint density at radius 3 is 2.51 bits per heavy atom. The lowest BCUT2D eigenvalue weighted by atomic mass is 9.97. The molecule has 0 bridgehead atoms. The van der Waals surface area contributed by atoms with Crippen LogP contribution in [-0.4, -0.2) is 48.4 Å². The molecule has 2 heterocycles. The number of carbonyl (C=O) groups excluding carboxylic acids is 1. The molecule has 1 aromatic carbocycles. The highest BCUT2D eigenvalue weighted by molar-refractivity contribution is 7.22. The predicted molar refractivity (Wildman–Crippen MR) is 145 cm³/mol. The fourth-order valence-electron chi connectivity index (χ4n) is 3.32. The van der Waals surface area contributed by atoms with Gasteiger partial charge >= 0.3 is 6.09 Å². The van der Waals surface area contributed by atoms with E-state index in [9.17, 15) is 14.7 Å². The first kappa shape index (κ1) is 26.4. The van der Waals surface area contributed by atoms with E-state index in [1.165, 1.54) is 22.3 Å². The molecule has 0 aliphatic carbocycles. The lowest BCUT2D eigenvalue weighted by Crippen LogP contribution is -2.43. The van der Waals surface area contributed by atoms with Crippen molar-refractivity contribution >= 4 is 46.7 Å². The first-order chi connectivity index (χ1) is 16.4. The Morgan fingerprint density at radius 2 is 1.94 bits per heavy atom. The normalized spacial score (nSPS) is 12.7. The minimum absolute atomic E-state index is 0.00206. The topological polar surface area (TPSA) is 91.8 Å². The molecule has 0 aliphatic heterocycles. The van der Waals surface area contributed by atoms with Gasteiger partial charge in [0, 0.05) is 25.5 Å². The number of hydrogen-bond donors (Lipinski definition) is 2. The zero-order valence-corrected chi connectivity index (χ0v) is 22.7. The molecule has 7 nitrogen and oxygen atoms in total. The number of carbonyl (C=O) groups is 2. The van der Waals surface area contributed by atoms with E-state index in [0.29, 0.717) is 10.6 Å². The van der Waals surface area contributed by atoms with Gasteiger partial charge in [-0.3, -0.25) is 9.78 Å². The standard InChI is InChI=1S/C26H33N3O4SSi/c1-7-14-29(25(31)32)17-21(24(30)28-23-15-19-12-13-27-16-22(19)34-23)18-8-10-20(11-9-18)33-35(5,6)26(2,3)4/h7-13,15-16,21H,1,14,17H2,2-6H3,(H,28,30)(H,31,32). The Morgan fingerprint density at radius 1 is 1.26 bits per heavy atom. The minimum atomic E-state index is -2.01. The van der Waals surface area contributed by atoms with E-state index in [0.717, 1.165) is 15.8 Å². The van der Waals surface area contributed by atoms with Crippen LogP contribution in [0.1, 0.15) is 32.3 Å². The number of anilines is 1. The maximum absolute atomic E-state index is 13.4. The van der Waals surface area contributed by atoms with Crippen LogP contribution in [0.3, 0.4) is 0 Å². The second-order valence-corrected chi connectivity index (χ2v) is 15.8. The molecule has 2 aromatic heterocycles. The molecule has 1 unspecified atom stereocenters. The molecule has 0 fully saturated rings. The van der Waals surface area contributed by atoms with E-state index < -0.39 is 20.3 Å². The summed E-state index contributed by atoms with van der Waals surface area (Å²) in [7, 11) is -2.01. The van der Waals surface area contributed by atoms with E-state index in [-0.39, 0.29) is 24.0 Å². The van der Waals surface area contributed by atoms with Crippen LogP contribution in [0.2, 0.25) is 18.1 Å². The maximum Gasteiger partial charge on any atom is 0.407 e. The van der Waals surface area contributed by atoms with Crippen molar-refractivity contribution in [3.8, 4) is 5.75 Å². The van der Waals surface area contributed by atoms with Gasteiger partial charge in [0.15, 0.2) is 0 Å². The lowest BCUT2D eigenvalue weighted by Gasteiger charge is -2.36. The fraction of sp³-hybridized carbons (Fsp3) is 0.346. The summed E-state index contributed by atoms with van der Waals surface area (Å²) < 4.78 is 7.33. The average molecular weight is 512 g/mol. The van der Waals surface area contributed by atoms with Gasteiger partial charge in [-0.2, -0.15) is 0 Å². The molecular formula is C26H33N3O4SSi. The van der Waals surface area contributed by atoms with E-state index >= 15 is 0 Å². The number of hydrogen-bond acceptors (Lipinski definition) is 5. The highest BCUT2D eigenvalue weighted by Gasteiger charge is 2.39. The molecule has 9 heteroatoms. The minimum Gasteiger partial charge on any atom is -0.544 e. The van der Waals surface area contributed by atoms with Crippen LogP contribution in [0.5, 0.6) is 5.75 Å². The Balaban J connectivity index is 1.87. The monoisotopic (exact) mass is 511 g/mol. The second kappa shape index (κ2) is 10.6. The van der Waals surface area contributed by atoms with Gasteiger partial charge in [-0.05, 0) is 53.3 Å². The van der Waals surface area contributed by atoms with Crippen LogP contribution in [0.15, 0.2) is 61.4 Å². The number of nitrogens with one attached hydrogen (secondary N) is 1. The molecule has 2 N–H and O–H groups in total. The number of fused-ring (bicyclic) bond motifs is 1. The molecule has 0 spiro atoms. The van der Waals surface area contributed by atoms with Crippen molar-refractivity contribution in [3.05, 3.63) is 67.0 Å². The van der Waals surface area contributed by atoms with Crippen molar-refractivity contribution in [2.24, 2.45) is 0 Å². The van der Waals surface area contributed by atoms with E-state index in [1.807, 2.05) is 36.4 Å². The fourth-order valence-corrected chi connectivity index (χ4v) is 5.28. The van der Waals surface area contributed by atoms with Gasteiger partial charge < -0.3 is 19.7 Å². The summed E-state index contributed by atoms with van der Waals surface area (Å²) in [6.07, 6.45) is 3.87. The summed E-state index contributed by atoms with van der Waals surface area (Å²) in [5.74, 6) is -0.244. The molecule has 35 heavy (non-hydrogen) atoms. The van der Waals surface area contributed by atoms with Crippen molar-refractivity contribution in [2.75, 3.05) is 18.4 Å². The Bertz CT molecular complexity index is 1170. The number of benzene rings is 1. The third kappa shape index (κ3) is 6.49. The van der Waals surface area contributed by atoms with Crippen molar-refractivity contribution in [1.29, 1.82) is 0 Å². The second-order valence-electron chi connectivity index (χ2n) is 9.97. The summed E-state index contributed by atoms with van der Waals surface area (Å²) in [6, 6.07) is 11.2. The van der Waals surface area contributed by atoms with Gasteiger partial charge in [0.05, 0.1) is 15.6 Å². The maximum atomic E-state index is 13.4. The summed E-state index contributed by atoms with van der Waals surface area (Å²) >= 11 is 1.43. The third-order valence-electron chi connectivity index (χ3n) is 6.37. The number of nitrogens with zero attached hydrogens (tertiary/aromatic N) is 2. The smallest absolute Gasteiger partial charge is 0.407 e. The van der Waals surface area contributed by atoms with E-state index in [2.05, 4.69) is 50.7 Å². The first-order valence-corrected chi connectivity index (χ1v) is 15.2. The largest absolute Gasteiger partial charge is 0.544 e. The van der Waals surface area contributed by atoms with Gasteiger partial charge in [-0.15, -0.1) is 17.9 Å². The van der Waals surface area contributed by atoms with E-state index in [1.54, 1.807) is 12.4 Å². The molecule has 2 amide bonds.